The summed E-state index contributed by atoms with van der Waals surface area (Å²) in [5.74, 6) is -0.560. The minimum atomic E-state index is -0.362. The lowest BCUT2D eigenvalue weighted by atomic mass is 10.2. The highest BCUT2D eigenvalue weighted by molar-refractivity contribution is 9.11. The molecule has 5 nitrogen and oxygen atoms in total. The first-order valence-electron chi connectivity index (χ1n) is 8.22. The molecule has 0 atom stereocenters. The highest BCUT2D eigenvalue weighted by Crippen LogP contribution is 2.07. The van der Waals surface area contributed by atoms with E-state index in [4.69, 9.17) is 0 Å². The van der Waals surface area contributed by atoms with Crippen LogP contribution in [0.1, 0.15) is 25.7 Å². The highest BCUT2D eigenvalue weighted by atomic mass is 79.9. The molecule has 0 aromatic carbocycles. The lowest BCUT2D eigenvalue weighted by Crippen LogP contribution is -2.18. The van der Waals surface area contributed by atoms with Gasteiger partial charge in [-0.05, 0) is 49.6 Å². The minimum absolute atomic E-state index is 0.198. The predicted octanol–water partition coefficient (Wildman–Crippen LogP) is 4.81. The molecule has 0 aliphatic heterocycles. The first kappa shape index (κ1) is 24.5. The third-order valence-electron chi connectivity index (χ3n) is 2.96. The Morgan fingerprint density at radius 1 is 1.22 bits per heavy atom. The van der Waals surface area contributed by atoms with E-state index >= 15 is 0 Å². The fourth-order valence-corrected chi connectivity index (χ4v) is 1.90. The van der Waals surface area contributed by atoms with E-state index in [1.807, 2.05) is 0 Å². The Hall–Kier alpha value is -2.54. The molecule has 0 radical (unpaired) electrons. The molecule has 1 amide bonds. The molecule has 0 rings (SSSR count). The van der Waals surface area contributed by atoms with Crippen LogP contribution < -0.4 is 5.32 Å². The monoisotopic (exact) mass is 438 g/mol. The van der Waals surface area contributed by atoms with Crippen LogP contribution in [0, 0.1) is 0 Å². The average Bonchev–Trinajstić information content (AvgIpc) is 2.66. The van der Waals surface area contributed by atoms with Crippen molar-refractivity contribution < 1.29 is 18.7 Å². The van der Waals surface area contributed by atoms with Crippen molar-refractivity contribution in [3.63, 3.8) is 0 Å². The van der Waals surface area contributed by atoms with E-state index < -0.39 is 0 Å². The molecule has 0 aliphatic carbocycles. The van der Waals surface area contributed by atoms with Gasteiger partial charge in [0.05, 0.1) is 13.4 Å². The second-order valence-electron chi connectivity index (χ2n) is 5.01. The van der Waals surface area contributed by atoms with Crippen molar-refractivity contribution in [1.82, 2.24) is 5.32 Å². The summed E-state index contributed by atoms with van der Waals surface area (Å²) >= 11 is 3.33. The number of amides is 1. The van der Waals surface area contributed by atoms with Crippen LogP contribution in [0.5, 0.6) is 0 Å². The van der Waals surface area contributed by atoms with Gasteiger partial charge in [0.2, 0.25) is 5.91 Å². The molecular weight excluding hydrogens is 415 g/mol. The van der Waals surface area contributed by atoms with Crippen LogP contribution in [0.4, 0.5) is 4.39 Å². The third kappa shape index (κ3) is 15.4. The summed E-state index contributed by atoms with van der Waals surface area (Å²) in [6.07, 6.45) is 16.8. The van der Waals surface area contributed by atoms with Crippen LogP contribution in [-0.4, -0.2) is 25.2 Å². The Bertz CT molecular complexity index is 662. The van der Waals surface area contributed by atoms with E-state index in [0.29, 0.717) is 18.4 Å². The molecule has 0 aromatic heterocycles. The van der Waals surface area contributed by atoms with Gasteiger partial charge in [-0.25, -0.2) is 4.39 Å². The molecule has 0 saturated heterocycles. The van der Waals surface area contributed by atoms with Gasteiger partial charge >= 0.3 is 5.97 Å². The number of hydrogen-bond donors (Lipinski definition) is 1. The van der Waals surface area contributed by atoms with Gasteiger partial charge in [-0.1, -0.05) is 28.6 Å². The number of allylic oxidation sites excluding steroid dienone is 7. The van der Waals surface area contributed by atoms with Gasteiger partial charge in [0.1, 0.15) is 0 Å². The van der Waals surface area contributed by atoms with E-state index in [1.54, 1.807) is 30.6 Å². The smallest absolute Gasteiger partial charge is 0.305 e. The molecule has 0 aliphatic rings. The molecule has 0 bridgehead atoms. The van der Waals surface area contributed by atoms with Gasteiger partial charge < -0.3 is 10.1 Å². The maximum absolute atomic E-state index is 11.9. The molecule has 7 heteroatoms. The van der Waals surface area contributed by atoms with Gasteiger partial charge in [-0.3, -0.25) is 14.6 Å². The summed E-state index contributed by atoms with van der Waals surface area (Å²) in [5.41, 5.74) is 0.391. The Morgan fingerprint density at radius 2 is 2.00 bits per heavy atom. The molecule has 0 aromatic rings. The molecular formula is C20H24BrFN2O3. The van der Waals surface area contributed by atoms with Crippen molar-refractivity contribution in [1.29, 1.82) is 0 Å². The molecule has 1 N–H and O–H groups in total. The SMILES string of the molecule is C=C/C(=C\C=C\F)NC(=O)/C=C/C=C(Br)\C=C\N=CCCCCC(=O)OC. The number of methoxy groups -OCH3 is 1. The zero-order valence-corrected chi connectivity index (χ0v) is 16.8. The van der Waals surface area contributed by atoms with E-state index in [-0.39, 0.29) is 11.9 Å². The van der Waals surface area contributed by atoms with Crippen LogP contribution in [0.15, 0.2) is 76.8 Å². The Kier molecular flexibility index (Phi) is 15.3. The molecule has 0 saturated carbocycles. The van der Waals surface area contributed by atoms with Crippen LogP contribution in [0.25, 0.3) is 0 Å². The Labute approximate surface area is 167 Å². The largest absolute Gasteiger partial charge is 0.469 e. The van der Waals surface area contributed by atoms with E-state index in [9.17, 15) is 14.0 Å². The summed E-state index contributed by atoms with van der Waals surface area (Å²) in [7, 11) is 1.38. The summed E-state index contributed by atoms with van der Waals surface area (Å²) in [6, 6.07) is 0. The fraction of sp³-hybridized carbons (Fsp3) is 0.250. The Morgan fingerprint density at radius 3 is 2.67 bits per heavy atom. The summed E-state index contributed by atoms with van der Waals surface area (Å²) in [6.45, 7) is 3.53. The molecule has 0 spiro atoms. The number of nitrogens with one attached hydrogen (secondary N) is 1. The number of hydrogen-bond acceptors (Lipinski definition) is 4. The first-order valence-corrected chi connectivity index (χ1v) is 9.02. The highest BCUT2D eigenvalue weighted by Gasteiger charge is 1.97. The van der Waals surface area contributed by atoms with Crippen LogP contribution in [0.3, 0.4) is 0 Å². The maximum Gasteiger partial charge on any atom is 0.305 e. The normalized spacial score (nSPS) is 13.1. The summed E-state index contributed by atoms with van der Waals surface area (Å²) in [5, 5.41) is 2.55. The number of unbranched alkanes of at least 4 members (excludes halogenated alkanes) is 2. The van der Waals surface area contributed by atoms with E-state index in [1.165, 1.54) is 25.3 Å². The van der Waals surface area contributed by atoms with E-state index in [0.717, 1.165) is 29.8 Å². The van der Waals surface area contributed by atoms with Crippen molar-refractivity contribution in [2.45, 2.75) is 25.7 Å². The summed E-state index contributed by atoms with van der Waals surface area (Å²) < 4.78 is 17.2. The quantitative estimate of drug-likeness (QED) is 0.156. The fourth-order valence-electron chi connectivity index (χ4n) is 1.62. The number of carbonyl (C=O) groups is 2. The molecule has 146 valence electrons. The molecule has 0 heterocycles. The number of rotatable bonds is 12. The topological polar surface area (TPSA) is 67.8 Å². The zero-order valence-electron chi connectivity index (χ0n) is 15.2. The Balaban J connectivity index is 4.22. The number of esters is 1. The zero-order chi connectivity index (χ0) is 20.3. The lowest BCUT2D eigenvalue weighted by molar-refractivity contribution is -0.140. The van der Waals surface area contributed by atoms with Crippen molar-refractivity contribution in [2.75, 3.05) is 7.11 Å². The van der Waals surface area contributed by atoms with Crippen molar-refractivity contribution in [3.05, 3.63) is 71.8 Å². The third-order valence-corrected chi connectivity index (χ3v) is 3.48. The van der Waals surface area contributed by atoms with Gasteiger partial charge in [0, 0.05) is 35.1 Å². The van der Waals surface area contributed by atoms with Crippen molar-refractivity contribution in [3.8, 4) is 0 Å². The molecule has 27 heavy (non-hydrogen) atoms. The standard InChI is InChI=1S/C20H24BrFN2O3/c1-3-18(10-8-14-22)24-19(25)11-7-9-17(21)13-16-23-15-6-4-5-12-20(26)27-2/h3,7-11,13-16H,1,4-6,12H2,2H3,(H,24,25)/b11-7+,14-8+,16-13+,17-9+,18-10+,23-15?. The molecule has 0 fully saturated rings. The van der Waals surface area contributed by atoms with Crippen LogP contribution >= 0.6 is 15.9 Å². The number of aliphatic imine (C=N–C) groups is 1. The number of nitrogens with zero attached hydrogens (tertiary/aromatic N) is 1. The van der Waals surface area contributed by atoms with Gasteiger partial charge in [0.25, 0.3) is 0 Å². The van der Waals surface area contributed by atoms with Crippen molar-refractivity contribution >= 4 is 34.0 Å². The second kappa shape index (κ2) is 16.9. The minimum Gasteiger partial charge on any atom is -0.469 e. The van der Waals surface area contributed by atoms with Crippen molar-refractivity contribution in [2.24, 2.45) is 4.99 Å². The van der Waals surface area contributed by atoms with Gasteiger partial charge in [0.15, 0.2) is 0 Å². The van der Waals surface area contributed by atoms with Crippen LogP contribution in [-0.2, 0) is 14.3 Å². The van der Waals surface area contributed by atoms with Crippen LogP contribution in [0.2, 0.25) is 0 Å². The van der Waals surface area contributed by atoms with Gasteiger partial charge in [-0.2, -0.15) is 0 Å². The first-order chi connectivity index (χ1) is 13.0. The number of halogens is 2. The van der Waals surface area contributed by atoms with E-state index in [2.05, 4.69) is 37.6 Å². The second-order valence-corrected chi connectivity index (χ2v) is 5.93. The summed E-state index contributed by atoms with van der Waals surface area (Å²) in [4.78, 5) is 26.7. The molecule has 0 unspecified atom stereocenters. The number of carbonyl (C=O) groups excluding carboxylic acids is 2. The maximum atomic E-state index is 11.9. The average molecular weight is 439 g/mol. The predicted molar refractivity (Wildman–Crippen MR) is 111 cm³/mol. The number of ether oxygens (including phenoxy) is 1. The van der Waals surface area contributed by atoms with Gasteiger partial charge in [-0.15, -0.1) is 0 Å². The lowest BCUT2D eigenvalue weighted by Gasteiger charge is -2.00.